The molecule has 0 saturated carbocycles. The number of hydrogen-bond donors (Lipinski definition) is 2. The van der Waals surface area contributed by atoms with Crippen molar-refractivity contribution in [1.29, 1.82) is 0 Å². The van der Waals surface area contributed by atoms with Gasteiger partial charge in [0.1, 0.15) is 6.29 Å². The van der Waals surface area contributed by atoms with E-state index in [9.17, 15) is 4.79 Å². The van der Waals surface area contributed by atoms with Gasteiger partial charge in [-0.3, -0.25) is 0 Å². The van der Waals surface area contributed by atoms with E-state index in [-0.39, 0.29) is 12.0 Å². The van der Waals surface area contributed by atoms with Crippen molar-refractivity contribution in [2.75, 3.05) is 13.2 Å². The number of hydrazine groups is 1. The number of hydrogen-bond acceptors (Lipinski definition) is 5. The van der Waals surface area contributed by atoms with Gasteiger partial charge < -0.3 is 20.3 Å². The summed E-state index contributed by atoms with van der Waals surface area (Å²) in [6.45, 7) is 9.34. The molecular formula is C12H25N3O2. The van der Waals surface area contributed by atoms with E-state index in [1.165, 1.54) is 5.01 Å². The summed E-state index contributed by atoms with van der Waals surface area (Å²) >= 11 is 0. The van der Waals surface area contributed by atoms with Gasteiger partial charge in [-0.1, -0.05) is 13.8 Å². The number of aldehydes is 1. The van der Waals surface area contributed by atoms with Crippen LogP contribution in [0.25, 0.3) is 0 Å². The zero-order valence-electron chi connectivity index (χ0n) is 11.3. The Morgan fingerprint density at radius 3 is 2.53 bits per heavy atom. The van der Waals surface area contributed by atoms with Gasteiger partial charge in [-0.15, -0.1) is 0 Å². The van der Waals surface area contributed by atoms with E-state index in [0.29, 0.717) is 24.8 Å². The van der Waals surface area contributed by atoms with Gasteiger partial charge in [0.15, 0.2) is 0 Å². The fraction of sp³-hybridized carbons (Fsp3) is 0.750. The second kappa shape index (κ2) is 7.29. The average molecular weight is 243 g/mol. The van der Waals surface area contributed by atoms with Crippen LogP contribution in [-0.4, -0.2) is 30.0 Å². The zero-order chi connectivity index (χ0) is 13.5. The molecule has 0 atom stereocenters. The number of allylic oxidation sites excluding steroid dienone is 1. The van der Waals surface area contributed by atoms with E-state index >= 15 is 0 Å². The number of rotatable bonds is 8. The van der Waals surface area contributed by atoms with Crippen molar-refractivity contribution in [2.45, 2.75) is 39.7 Å². The van der Waals surface area contributed by atoms with Gasteiger partial charge in [0.05, 0.1) is 12.1 Å². The second-order valence-electron chi connectivity index (χ2n) is 5.21. The minimum atomic E-state index is -0.350. The van der Waals surface area contributed by atoms with Gasteiger partial charge in [0, 0.05) is 24.9 Å². The number of carbonyl (C=O) groups is 1. The van der Waals surface area contributed by atoms with E-state index in [0.717, 1.165) is 6.29 Å². The molecule has 100 valence electrons. The van der Waals surface area contributed by atoms with Crippen molar-refractivity contribution in [2.24, 2.45) is 17.5 Å². The lowest BCUT2D eigenvalue weighted by Gasteiger charge is -2.30. The summed E-state index contributed by atoms with van der Waals surface area (Å²) in [5.74, 6) is 6.26. The lowest BCUT2D eigenvalue weighted by atomic mass is 10.1. The predicted molar refractivity (Wildman–Crippen MR) is 68.7 cm³/mol. The van der Waals surface area contributed by atoms with E-state index in [2.05, 4.69) is 13.8 Å². The molecule has 0 bridgehead atoms. The zero-order valence-corrected chi connectivity index (χ0v) is 11.3. The summed E-state index contributed by atoms with van der Waals surface area (Å²) in [6.07, 6.45) is 2.51. The van der Waals surface area contributed by atoms with Crippen LogP contribution in [0.4, 0.5) is 0 Å². The van der Waals surface area contributed by atoms with Crippen LogP contribution in [0, 0.1) is 5.92 Å². The molecule has 0 amide bonds. The summed E-state index contributed by atoms with van der Waals surface area (Å²) in [7, 11) is 0. The molecule has 0 aliphatic carbocycles. The SMILES string of the molecule is CC(C)COC(C)(C)CN(N)/C=C(\N)CC=O. The lowest BCUT2D eigenvalue weighted by Crippen LogP contribution is -2.42. The summed E-state index contributed by atoms with van der Waals surface area (Å²) in [5, 5.41) is 1.46. The number of carbonyl (C=O) groups excluding carboxylic acids is 1. The molecule has 0 aromatic heterocycles. The predicted octanol–water partition coefficient (Wildman–Crippen LogP) is 1.00. The van der Waals surface area contributed by atoms with Crippen LogP contribution >= 0.6 is 0 Å². The Morgan fingerprint density at radius 2 is 2.06 bits per heavy atom. The molecule has 5 nitrogen and oxygen atoms in total. The maximum Gasteiger partial charge on any atom is 0.125 e. The van der Waals surface area contributed by atoms with Crippen LogP contribution in [0.5, 0.6) is 0 Å². The molecule has 0 heterocycles. The van der Waals surface area contributed by atoms with E-state index in [1.807, 2.05) is 13.8 Å². The summed E-state index contributed by atoms with van der Waals surface area (Å²) in [4.78, 5) is 10.3. The first-order valence-electron chi connectivity index (χ1n) is 5.82. The summed E-state index contributed by atoms with van der Waals surface area (Å²) < 4.78 is 5.74. The van der Waals surface area contributed by atoms with E-state index in [4.69, 9.17) is 16.3 Å². The first-order chi connectivity index (χ1) is 7.76. The van der Waals surface area contributed by atoms with Gasteiger partial charge in [-0.05, 0) is 19.8 Å². The number of ether oxygens (including phenoxy) is 1. The minimum absolute atomic E-state index is 0.195. The standard InChI is InChI=1S/C12H25N3O2/c1-10(2)8-17-12(3,4)9-15(14)7-11(13)5-6-16/h6-7,10H,5,8-9,13-14H2,1-4H3/b11-7-. The Kier molecular flexibility index (Phi) is 6.83. The topological polar surface area (TPSA) is 81.6 Å². The van der Waals surface area contributed by atoms with Crippen molar-refractivity contribution in [3.63, 3.8) is 0 Å². The van der Waals surface area contributed by atoms with Crippen LogP contribution in [0.15, 0.2) is 11.9 Å². The molecule has 0 spiro atoms. The third-order valence-electron chi connectivity index (χ3n) is 2.02. The van der Waals surface area contributed by atoms with Crippen molar-refractivity contribution in [3.05, 3.63) is 11.9 Å². The fourth-order valence-corrected chi connectivity index (χ4v) is 1.29. The largest absolute Gasteiger partial charge is 0.400 e. The lowest BCUT2D eigenvalue weighted by molar-refractivity contribution is -0.107. The molecule has 0 unspecified atom stereocenters. The molecule has 0 aromatic carbocycles. The van der Waals surface area contributed by atoms with Gasteiger partial charge in [0.25, 0.3) is 0 Å². The van der Waals surface area contributed by atoms with Crippen molar-refractivity contribution < 1.29 is 9.53 Å². The van der Waals surface area contributed by atoms with Crippen molar-refractivity contribution >= 4 is 6.29 Å². The molecule has 0 saturated heterocycles. The molecule has 0 radical (unpaired) electrons. The smallest absolute Gasteiger partial charge is 0.125 e. The third kappa shape index (κ3) is 8.71. The minimum Gasteiger partial charge on any atom is -0.400 e. The van der Waals surface area contributed by atoms with Crippen molar-refractivity contribution in [1.82, 2.24) is 5.01 Å². The molecule has 0 fully saturated rings. The first-order valence-corrected chi connectivity index (χ1v) is 5.82. The van der Waals surface area contributed by atoms with Gasteiger partial charge in [-0.2, -0.15) is 0 Å². The summed E-state index contributed by atoms with van der Waals surface area (Å²) in [6, 6.07) is 0. The van der Waals surface area contributed by atoms with Crippen molar-refractivity contribution in [3.8, 4) is 0 Å². The monoisotopic (exact) mass is 243 g/mol. The Bertz CT molecular complexity index is 262. The summed E-state index contributed by atoms with van der Waals surface area (Å²) in [5.41, 5.74) is 5.69. The Morgan fingerprint density at radius 1 is 1.47 bits per heavy atom. The highest BCUT2D eigenvalue weighted by Crippen LogP contribution is 2.12. The normalized spacial score (nSPS) is 12.9. The van der Waals surface area contributed by atoms with Crippen LogP contribution in [0.1, 0.15) is 34.1 Å². The molecule has 4 N–H and O–H groups in total. The molecule has 0 aliphatic rings. The second-order valence-corrected chi connectivity index (χ2v) is 5.21. The molecule has 0 aliphatic heterocycles. The fourth-order valence-electron chi connectivity index (χ4n) is 1.29. The Balaban J connectivity index is 4.20. The average Bonchev–Trinajstić information content (AvgIpc) is 2.14. The number of nitrogens with zero attached hydrogens (tertiary/aromatic N) is 1. The van der Waals surface area contributed by atoms with Crippen LogP contribution in [0.3, 0.4) is 0 Å². The molecular weight excluding hydrogens is 218 g/mol. The molecule has 5 heteroatoms. The highest BCUT2D eigenvalue weighted by molar-refractivity contribution is 5.53. The van der Waals surface area contributed by atoms with E-state index < -0.39 is 0 Å². The highest BCUT2D eigenvalue weighted by atomic mass is 16.5. The molecule has 0 rings (SSSR count). The third-order valence-corrected chi connectivity index (χ3v) is 2.02. The van der Waals surface area contributed by atoms with E-state index in [1.54, 1.807) is 6.20 Å². The molecule has 0 aromatic rings. The van der Waals surface area contributed by atoms with Crippen LogP contribution in [-0.2, 0) is 9.53 Å². The Hall–Kier alpha value is -1.07. The maximum atomic E-state index is 10.3. The first kappa shape index (κ1) is 15.9. The Labute approximate surface area is 104 Å². The van der Waals surface area contributed by atoms with Gasteiger partial charge >= 0.3 is 0 Å². The van der Waals surface area contributed by atoms with Crippen LogP contribution in [0.2, 0.25) is 0 Å². The quantitative estimate of drug-likeness (QED) is 0.377. The molecule has 17 heavy (non-hydrogen) atoms. The highest BCUT2D eigenvalue weighted by Gasteiger charge is 2.20. The number of nitrogens with two attached hydrogens (primary N) is 2. The maximum absolute atomic E-state index is 10.3. The van der Waals surface area contributed by atoms with Gasteiger partial charge in [0.2, 0.25) is 0 Å². The van der Waals surface area contributed by atoms with Gasteiger partial charge in [-0.25, -0.2) is 5.84 Å². The van der Waals surface area contributed by atoms with Crippen LogP contribution < -0.4 is 11.6 Å².